The van der Waals surface area contributed by atoms with E-state index in [1.54, 1.807) is 19.1 Å². The van der Waals surface area contributed by atoms with E-state index in [4.69, 9.17) is 15.2 Å². The van der Waals surface area contributed by atoms with Gasteiger partial charge in [0.15, 0.2) is 18.1 Å². The van der Waals surface area contributed by atoms with E-state index < -0.39 is 12.8 Å². The molecular weight excluding hydrogens is 405 g/mol. The van der Waals surface area contributed by atoms with Gasteiger partial charge in [-0.2, -0.15) is 13.2 Å². The Morgan fingerprint density at radius 2 is 1.76 bits per heavy atom. The van der Waals surface area contributed by atoms with E-state index in [2.05, 4.69) is 17.0 Å². The van der Waals surface area contributed by atoms with E-state index in [1.807, 2.05) is 18.2 Å². The van der Waals surface area contributed by atoms with E-state index >= 15 is 0 Å². The third-order valence-electron chi connectivity index (χ3n) is 4.77. The number of nitrogens with zero attached hydrogens (tertiary/aromatic N) is 1. The number of likely N-dealkylation sites (tertiary alicyclic amines) is 1. The number of hydrogen-bond donors (Lipinski definition) is 1. The Balaban J connectivity index is 0.00000300. The molecule has 1 fully saturated rings. The molecule has 2 N–H and O–H groups in total. The molecule has 0 aromatic heterocycles. The van der Waals surface area contributed by atoms with Crippen LogP contribution >= 0.6 is 12.4 Å². The summed E-state index contributed by atoms with van der Waals surface area (Å²) in [6.45, 7) is 3.03. The summed E-state index contributed by atoms with van der Waals surface area (Å²) in [5.41, 5.74) is 8.52. The first-order chi connectivity index (χ1) is 13.4. The molecule has 0 spiro atoms. The van der Waals surface area contributed by atoms with Gasteiger partial charge < -0.3 is 15.2 Å². The van der Waals surface area contributed by atoms with Crippen LogP contribution in [0.2, 0.25) is 0 Å². The Hall–Kier alpha value is -1.96. The molecule has 0 saturated carbocycles. The maximum Gasteiger partial charge on any atom is 0.422 e. The van der Waals surface area contributed by atoms with Crippen LogP contribution < -0.4 is 15.2 Å². The number of halogens is 4. The molecule has 160 valence electrons. The van der Waals surface area contributed by atoms with Crippen LogP contribution in [-0.2, 0) is 6.54 Å². The molecule has 3 rings (SSSR count). The summed E-state index contributed by atoms with van der Waals surface area (Å²) in [4.78, 5) is 2.25. The molecule has 0 amide bonds. The Kier molecular flexibility index (Phi) is 8.19. The van der Waals surface area contributed by atoms with Crippen molar-refractivity contribution in [3.05, 3.63) is 59.7 Å². The Morgan fingerprint density at radius 3 is 2.41 bits per heavy atom. The van der Waals surface area contributed by atoms with Crippen LogP contribution in [0.3, 0.4) is 0 Å². The van der Waals surface area contributed by atoms with Crippen LogP contribution in [0.1, 0.15) is 24.0 Å². The number of rotatable bonds is 7. The van der Waals surface area contributed by atoms with Gasteiger partial charge in [-0.05, 0) is 30.2 Å². The van der Waals surface area contributed by atoms with Gasteiger partial charge in [0.05, 0.1) is 6.61 Å². The Morgan fingerprint density at radius 1 is 1.03 bits per heavy atom. The first-order valence-corrected chi connectivity index (χ1v) is 9.34. The number of benzene rings is 2. The quantitative estimate of drug-likeness (QED) is 0.708. The lowest BCUT2D eigenvalue weighted by atomic mass is 9.95. The second-order valence-corrected chi connectivity index (χ2v) is 6.99. The predicted molar refractivity (Wildman–Crippen MR) is 109 cm³/mol. The topological polar surface area (TPSA) is 47.7 Å². The molecule has 1 saturated heterocycles. The van der Waals surface area contributed by atoms with Crippen molar-refractivity contribution in [3.8, 4) is 11.5 Å². The summed E-state index contributed by atoms with van der Waals surface area (Å²) in [6, 6.07) is 15.3. The monoisotopic (exact) mass is 430 g/mol. The van der Waals surface area contributed by atoms with Gasteiger partial charge in [-0.1, -0.05) is 36.4 Å². The zero-order valence-electron chi connectivity index (χ0n) is 16.2. The van der Waals surface area contributed by atoms with Crippen LogP contribution in [0.25, 0.3) is 0 Å². The minimum absolute atomic E-state index is 0. The van der Waals surface area contributed by atoms with Gasteiger partial charge in [-0.15, -0.1) is 12.4 Å². The fourth-order valence-electron chi connectivity index (χ4n) is 3.55. The lowest BCUT2D eigenvalue weighted by Gasteiger charge is -2.18. The van der Waals surface area contributed by atoms with Gasteiger partial charge in [-0.3, -0.25) is 4.90 Å². The highest BCUT2D eigenvalue weighted by molar-refractivity contribution is 5.85. The third-order valence-corrected chi connectivity index (χ3v) is 4.77. The molecule has 8 heteroatoms. The second kappa shape index (κ2) is 10.2. The van der Waals surface area contributed by atoms with Gasteiger partial charge in [0.25, 0.3) is 0 Å². The van der Waals surface area contributed by atoms with Gasteiger partial charge >= 0.3 is 6.18 Å². The average Bonchev–Trinajstić information content (AvgIpc) is 3.01. The van der Waals surface area contributed by atoms with E-state index in [0.29, 0.717) is 18.9 Å². The number of nitrogens with two attached hydrogens (primary N) is 1. The van der Waals surface area contributed by atoms with Crippen molar-refractivity contribution in [2.45, 2.75) is 31.6 Å². The van der Waals surface area contributed by atoms with Crippen molar-refractivity contribution in [2.24, 2.45) is 5.73 Å². The Bertz CT molecular complexity index is 774. The van der Waals surface area contributed by atoms with Gasteiger partial charge in [0, 0.05) is 31.6 Å². The van der Waals surface area contributed by atoms with Crippen molar-refractivity contribution < 1.29 is 22.6 Å². The molecule has 1 aliphatic heterocycles. The maximum absolute atomic E-state index is 12.4. The average molecular weight is 431 g/mol. The van der Waals surface area contributed by atoms with Gasteiger partial charge in [-0.25, -0.2) is 0 Å². The molecule has 0 radical (unpaired) electrons. The first-order valence-electron chi connectivity index (χ1n) is 9.34. The number of alkyl halides is 3. The molecule has 1 heterocycles. The number of hydrogen-bond acceptors (Lipinski definition) is 4. The van der Waals surface area contributed by atoms with Gasteiger partial charge in [0.2, 0.25) is 0 Å². The molecule has 2 aromatic rings. The smallest absolute Gasteiger partial charge is 0.422 e. The van der Waals surface area contributed by atoms with Crippen molar-refractivity contribution >= 4 is 12.4 Å². The summed E-state index contributed by atoms with van der Waals surface area (Å²) >= 11 is 0. The molecule has 29 heavy (non-hydrogen) atoms. The molecule has 4 nitrogen and oxygen atoms in total. The molecule has 1 aliphatic rings. The minimum atomic E-state index is -4.39. The summed E-state index contributed by atoms with van der Waals surface area (Å²) in [6.07, 6.45) is -4.39. The van der Waals surface area contributed by atoms with Crippen molar-refractivity contribution in [3.63, 3.8) is 0 Å². The molecule has 0 bridgehead atoms. The standard InChI is InChI=1S/C21H25F3N2O2.ClH/c1-2-27-20-10-15(8-9-19(20)28-14-21(22,23)24)11-26-12-17(18(25)13-26)16-6-4-3-5-7-16;/h3-10,17-18H,2,11-14,25H2,1H3;1H/t17-,18+;/m0./s1. The zero-order chi connectivity index (χ0) is 20.1. The SMILES string of the molecule is CCOc1cc(CN2C[C@@H](N)[C@H](c3ccccc3)C2)ccc1OCC(F)(F)F.Cl. The van der Waals surface area contributed by atoms with Crippen molar-refractivity contribution in [1.82, 2.24) is 4.90 Å². The highest BCUT2D eigenvalue weighted by Crippen LogP contribution is 2.32. The summed E-state index contributed by atoms with van der Waals surface area (Å²) in [5, 5.41) is 0. The Labute approximate surface area is 175 Å². The minimum Gasteiger partial charge on any atom is -0.490 e. The predicted octanol–water partition coefficient (Wildman–Crippen LogP) is 4.37. The van der Waals surface area contributed by atoms with Crippen LogP contribution in [0.15, 0.2) is 48.5 Å². The molecule has 0 unspecified atom stereocenters. The highest BCUT2D eigenvalue weighted by atomic mass is 35.5. The second-order valence-electron chi connectivity index (χ2n) is 6.99. The van der Waals surface area contributed by atoms with Crippen LogP contribution in [0.5, 0.6) is 11.5 Å². The van der Waals surface area contributed by atoms with Crippen LogP contribution in [0, 0.1) is 0 Å². The van der Waals surface area contributed by atoms with E-state index in [0.717, 1.165) is 18.7 Å². The summed E-state index contributed by atoms with van der Waals surface area (Å²) < 4.78 is 47.7. The summed E-state index contributed by atoms with van der Waals surface area (Å²) in [5.74, 6) is 0.692. The number of ether oxygens (including phenoxy) is 2. The van der Waals surface area contributed by atoms with E-state index in [1.165, 1.54) is 11.6 Å². The fourth-order valence-corrected chi connectivity index (χ4v) is 3.55. The fraction of sp³-hybridized carbons (Fsp3) is 0.429. The van der Waals surface area contributed by atoms with Crippen molar-refractivity contribution in [1.29, 1.82) is 0 Å². The van der Waals surface area contributed by atoms with Crippen LogP contribution in [0.4, 0.5) is 13.2 Å². The molecule has 2 aromatic carbocycles. The van der Waals surface area contributed by atoms with Crippen molar-refractivity contribution in [2.75, 3.05) is 26.3 Å². The summed E-state index contributed by atoms with van der Waals surface area (Å²) in [7, 11) is 0. The molecular formula is C21H26ClF3N2O2. The van der Waals surface area contributed by atoms with Gasteiger partial charge in [0.1, 0.15) is 0 Å². The van der Waals surface area contributed by atoms with Crippen LogP contribution in [-0.4, -0.2) is 43.4 Å². The first kappa shape index (κ1) is 23.3. The maximum atomic E-state index is 12.4. The largest absolute Gasteiger partial charge is 0.490 e. The zero-order valence-corrected chi connectivity index (χ0v) is 17.0. The third kappa shape index (κ3) is 6.52. The van der Waals surface area contributed by atoms with E-state index in [-0.39, 0.29) is 30.1 Å². The lowest BCUT2D eigenvalue weighted by molar-refractivity contribution is -0.153. The highest BCUT2D eigenvalue weighted by Gasteiger charge is 2.31. The molecule has 0 aliphatic carbocycles. The normalized spacial score (nSPS) is 19.6. The van der Waals surface area contributed by atoms with E-state index in [9.17, 15) is 13.2 Å². The lowest BCUT2D eigenvalue weighted by Crippen LogP contribution is -2.28. The molecule has 2 atom stereocenters.